The summed E-state index contributed by atoms with van der Waals surface area (Å²) in [6.07, 6.45) is 0. The summed E-state index contributed by atoms with van der Waals surface area (Å²) in [5.41, 5.74) is 1.73. The smallest absolute Gasteiger partial charge is 0.120 e. The number of phenolic OH excluding ortho intramolecular Hbond substituents is 2. The first-order valence-electron chi connectivity index (χ1n) is 6.22. The molecule has 100 valence electrons. The van der Waals surface area contributed by atoms with Crippen LogP contribution in [0.25, 0.3) is 0 Å². The van der Waals surface area contributed by atoms with Crippen LogP contribution in [0.5, 0.6) is 11.5 Å². The highest BCUT2D eigenvalue weighted by Gasteiger charge is 2.00. The number of benzene rings is 2. The Kier molecular flexibility index (Phi) is 4.78. The molecule has 0 spiro atoms. The van der Waals surface area contributed by atoms with Crippen LogP contribution in [-0.2, 0) is 13.1 Å². The van der Waals surface area contributed by atoms with Gasteiger partial charge < -0.3 is 20.8 Å². The molecule has 0 heterocycles. The van der Waals surface area contributed by atoms with Gasteiger partial charge in [-0.05, 0) is 12.1 Å². The highest BCUT2D eigenvalue weighted by Crippen LogP contribution is 2.15. The van der Waals surface area contributed by atoms with Crippen LogP contribution >= 0.6 is 0 Å². The molecular weight excluding hydrogens is 240 g/mol. The monoisotopic (exact) mass is 258 g/mol. The first-order valence-corrected chi connectivity index (χ1v) is 6.22. The fourth-order valence-corrected chi connectivity index (χ4v) is 1.80. The normalized spacial score (nSPS) is 10.5. The SMILES string of the molecule is Oc1ccccc1CNCNCc1ccccc1O. The number of nitrogens with one attached hydrogen (secondary N) is 2. The first-order chi connectivity index (χ1) is 9.27. The van der Waals surface area contributed by atoms with Gasteiger partial charge in [0.05, 0.1) is 0 Å². The second-order valence-electron chi connectivity index (χ2n) is 4.29. The number of hydrogen-bond acceptors (Lipinski definition) is 4. The van der Waals surface area contributed by atoms with Crippen molar-refractivity contribution >= 4 is 0 Å². The van der Waals surface area contributed by atoms with Crippen molar-refractivity contribution in [2.45, 2.75) is 13.1 Å². The molecule has 0 saturated heterocycles. The molecule has 2 aromatic rings. The Bertz CT molecular complexity index is 482. The predicted octanol–water partition coefficient (Wildman–Crippen LogP) is 1.93. The molecule has 0 atom stereocenters. The largest absolute Gasteiger partial charge is 0.508 e. The van der Waals surface area contributed by atoms with Crippen molar-refractivity contribution in [3.05, 3.63) is 59.7 Å². The molecule has 0 unspecified atom stereocenters. The van der Waals surface area contributed by atoms with Crippen LogP contribution < -0.4 is 10.6 Å². The Morgan fingerprint density at radius 3 is 1.53 bits per heavy atom. The molecule has 0 aliphatic rings. The molecule has 0 radical (unpaired) electrons. The minimum Gasteiger partial charge on any atom is -0.508 e. The van der Waals surface area contributed by atoms with E-state index in [0.29, 0.717) is 31.3 Å². The summed E-state index contributed by atoms with van der Waals surface area (Å²) in [6, 6.07) is 14.5. The van der Waals surface area contributed by atoms with E-state index in [1.165, 1.54) is 0 Å². The lowest BCUT2D eigenvalue weighted by Gasteiger charge is -2.09. The fraction of sp³-hybridized carbons (Fsp3) is 0.200. The molecule has 0 amide bonds. The molecule has 0 saturated carbocycles. The molecule has 19 heavy (non-hydrogen) atoms. The molecule has 2 rings (SSSR count). The van der Waals surface area contributed by atoms with Crippen LogP contribution in [-0.4, -0.2) is 16.9 Å². The number of phenols is 2. The Balaban J connectivity index is 1.71. The van der Waals surface area contributed by atoms with E-state index in [1.807, 2.05) is 24.3 Å². The van der Waals surface area contributed by atoms with E-state index in [1.54, 1.807) is 24.3 Å². The van der Waals surface area contributed by atoms with Gasteiger partial charge in [-0.15, -0.1) is 0 Å². The minimum absolute atomic E-state index is 0.302. The molecule has 4 heteroatoms. The number of para-hydroxylation sites is 2. The van der Waals surface area contributed by atoms with Gasteiger partial charge in [0.15, 0.2) is 0 Å². The third-order valence-corrected chi connectivity index (χ3v) is 2.86. The van der Waals surface area contributed by atoms with E-state index < -0.39 is 0 Å². The van der Waals surface area contributed by atoms with Crippen molar-refractivity contribution in [1.82, 2.24) is 10.6 Å². The average Bonchev–Trinajstić information content (AvgIpc) is 2.42. The van der Waals surface area contributed by atoms with Crippen LogP contribution in [0.2, 0.25) is 0 Å². The standard InChI is InChI=1S/C15H18N2O2/c18-14-7-3-1-5-12(14)9-16-11-17-10-13-6-2-4-8-15(13)19/h1-8,16-19H,9-11H2. The summed E-state index contributed by atoms with van der Waals surface area (Å²) in [7, 11) is 0. The van der Waals surface area contributed by atoms with Gasteiger partial charge in [-0.2, -0.15) is 0 Å². The van der Waals surface area contributed by atoms with Crippen LogP contribution in [0, 0.1) is 0 Å². The summed E-state index contributed by atoms with van der Waals surface area (Å²) < 4.78 is 0. The molecule has 0 aliphatic carbocycles. The Morgan fingerprint density at radius 2 is 1.11 bits per heavy atom. The second kappa shape index (κ2) is 6.78. The first kappa shape index (κ1) is 13.4. The molecular formula is C15H18N2O2. The molecule has 4 nitrogen and oxygen atoms in total. The van der Waals surface area contributed by atoms with Crippen LogP contribution in [0.3, 0.4) is 0 Å². The minimum atomic E-state index is 0.302. The van der Waals surface area contributed by atoms with Crippen LogP contribution in [0.15, 0.2) is 48.5 Å². The van der Waals surface area contributed by atoms with Crippen molar-refractivity contribution < 1.29 is 10.2 Å². The van der Waals surface area contributed by atoms with E-state index in [4.69, 9.17) is 0 Å². The summed E-state index contributed by atoms with van der Waals surface area (Å²) in [4.78, 5) is 0. The molecule has 0 aliphatic heterocycles. The van der Waals surface area contributed by atoms with Gasteiger partial charge in [0, 0.05) is 30.9 Å². The molecule has 0 aromatic heterocycles. The maximum Gasteiger partial charge on any atom is 0.120 e. The Labute approximate surface area is 112 Å². The lowest BCUT2D eigenvalue weighted by Crippen LogP contribution is -2.28. The maximum absolute atomic E-state index is 9.59. The van der Waals surface area contributed by atoms with Gasteiger partial charge in [0.2, 0.25) is 0 Å². The third kappa shape index (κ3) is 3.98. The van der Waals surface area contributed by atoms with Gasteiger partial charge >= 0.3 is 0 Å². The summed E-state index contributed by atoms with van der Waals surface area (Å²) in [5, 5.41) is 25.5. The van der Waals surface area contributed by atoms with E-state index >= 15 is 0 Å². The third-order valence-electron chi connectivity index (χ3n) is 2.86. The Hall–Kier alpha value is -2.04. The molecule has 4 N–H and O–H groups in total. The van der Waals surface area contributed by atoms with Crippen molar-refractivity contribution in [3.63, 3.8) is 0 Å². The highest BCUT2D eigenvalue weighted by molar-refractivity contribution is 5.32. The Morgan fingerprint density at radius 1 is 0.684 bits per heavy atom. The van der Waals surface area contributed by atoms with Crippen LogP contribution in [0.1, 0.15) is 11.1 Å². The maximum atomic E-state index is 9.59. The summed E-state index contributed by atoms with van der Waals surface area (Å²) >= 11 is 0. The zero-order valence-corrected chi connectivity index (χ0v) is 10.6. The topological polar surface area (TPSA) is 64.5 Å². The van der Waals surface area contributed by atoms with E-state index in [2.05, 4.69) is 10.6 Å². The van der Waals surface area contributed by atoms with E-state index in [0.717, 1.165) is 11.1 Å². The second-order valence-corrected chi connectivity index (χ2v) is 4.29. The summed E-state index contributed by atoms with van der Waals surface area (Å²) in [6.45, 7) is 1.80. The van der Waals surface area contributed by atoms with E-state index in [-0.39, 0.29) is 0 Å². The van der Waals surface area contributed by atoms with Gasteiger partial charge in [-0.25, -0.2) is 0 Å². The average molecular weight is 258 g/mol. The van der Waals surface area contributed by atoms with Crippen molar-refractivity contribution in [2.75, 3.05) is 6.67 Å². The highest BCUT2D eigenvalue weighted by atomic mass is 16.3. The van der Waals surface area contributed by atoms with Crippen molar-refractivity contribution in [2.24, 2.45) is 0 Å². The van der Waals surface area contributed by atoms with Gasteiger partial charge in [0.1, 0.15) is 11.5 Å². The van der Waals surface area contributed by atoms with E-state index in [9.17, 15) is 10.2 Å². The van der Waals surface area contributed by atoms with Gasteiger partial charge in [-0.3, -0.25) is 0 Å². The van der Waals surface area contributed by atoms with Gasteiger partial charge in [0.25, 0.3) is 0 Å². The van der Waals surface area contributed by atoms with Gasteiger partial charge in [-0.1, -0.05) is 36.4 Å². The number of hydrogen-bond donors (Lipinski definition) is 4. The molecule has 0 fully saturated rings. The quantitative estimate of drug-likeness (QED) is 0.472. The number of rotatable bonds is 6. The summed E-state index contributed by atoms with van der Waals surface area (Å²) in [5.74, 6) is 0.603. The zero-order chi connectivity index (χ0) is 13.5. The van der Waals surface area contributed by atoms with Crippen LogP contribution in [0.4, 0.5) is 0 Å². The molecule has 2 aromatic carbocycles. The predicted molar refractivity (Wildman–Crippen MR) is 74.8 cm³/mol. The lowest BCUT2D eigenvalue weighted by atomic mass is 10.2. The van der Waals surface area contributed by atoms with Crippen molar-refractivity contribution in [1.29, 1.82) is 0 Å². The number of aromatic hydroxyl groups is 2. The molecule has 0 bridgehead atoms. The fourth-order valence-electron chi connectivity index (χ4n) is 1.80. The zero-order valence-electron chi connectivity index (χ0n) is 10.6. The van der Waals surface area contributed by atoms with Crippen molar-refractivity contribution in [3.8, 4) is 11.5 Å². The lowest BCUT2D eigenvalue weighted by molar-refractivity contribution is 0.458.